The van der Waals surface area contributed by atoms with Crippen LogP contribution in [-0.4, -0.2) is 35.0 Å². The van der Waals surface area contributed by atoms with Gasteiger partial charge in [0.1, 0.15) is 5.65 Å². The molecule has 108 valence electrons. The minimum absolute atomic E-state index is 0.734. The van der Waals surface area contributed by atoms with Crippen molar-refractivity contribution >= 4 is 11.6 Å². The van der Waals surface area contributed by atoms with Gasteiger partial charge in [0.15, 0.2) is 5.96 Å². The third-order valence-electron chi connectivity index (χ3n) is 3.05. The van der Waals surface area contributed by atoms with Crippen LogP contribution in [0.25, 0.3) is 5.65 Å². The average Bonchev–Trinajstić information content (AvgIpc) is 2.84. The van der Waals surface area contributed by atoms with Gasteiger partial charge in [0, 0.05) is 38.4 Å². The van der Waals surface area contributed by atoms with Gasteiger partial charge in [-0.25, -0.2) is 4.98 Å². The quantitative estimate of drug-likeness (QED) is 0.645. The molecule has 2 aromatic heterocycles. The number of hydrogen-bond donors (Lipinski definition) is 2. The number of aliphatic imine (C=N–C) groups is 1. The molecule has 0 bridgehead atoms. The summed E-state index contributed by atoms with van der Waals surface area (Å²) in [6.07, 6.45) is 4.96. The number of fused-ring (bicyclic) bond motifs is 1. The number of hydrogen-bond acceptors (Lipinski definition) is 2. The molecule has 5 nitrogen and oxygen atoms in total. The van der Waals surface area contributed by atoms with Crippen LogP contribution in [0.5, 0.6) is 0 Å². The van der Waals surface area contributed by atoms with E-state index in [9.17, 15) is 0 Å². The monoisotopic (exact) mass is 273 g/mol. The van der Waals surface area contributed by atoms with E-state index in [4.69, 9.17) is 0 Å². The Balaban J connectivity index is 2.01. The lowest BCUT2D eigenvalue weighted by molar-refractivity contribution is 0.829. The van der Waals surface area contributed by atoms with Crippen molar-refractivity contribution in [3.05, 3.63) is 35.8 Å². The Bertz CT molecular complexity index is 577. The highest BCUT2D eigenvalue weighted by Gasteiger charge is 2.03. The Hall–Kier alpha value is -2.04. The maximum absolute atomic E-state index is 4.65. The molecule has 0 radical (unpaired) electrons. The lowest BCUT2D eigenvalue weighted by Gasteiger charge is -2.08. The van der Waals surface area contributed by atoms with Gasteiger partial charge in [-0.15, -0.1) is 0 Å². The summed E-state index contributed by atoms with van der Waals surface area (Å²) in [5, 5.41) is 6.44. The molecule has 0 aliphatic carbocycles. The summed E-state index contributed by atoms with van der Waals surface area (Å²) >= 11 is 0. The zero-order chi connectivity index (χ0) is 14.4. The second kappa shape index (κ2) is 6.93. The van der Waals surface area contributed by atoms with Gasteiger partial charge in [0.05, 0.1) is 5.69 Å². The molecule has 0 fully saturated rings. The molecule has 20 heavy (non-hydrogen) atoms. The molecule has 0 spiro atoms. The summed E-state index contributed by atoms with van der Waals surface area (Å²) in [7, 11) is 0. The predicted molar refractivity (Wildman–Crippen MR) is 83.3 cm³/mol. The van der Waals surface area contributed by atoms with Crippen molar-refractivity contribution in [3.8, 4) is 0 Å². The topological polar surface area (TPSA) is 53.7 Å². The largest absolute Gasteiger partial charge is 0.357 e. The molecule has 0 unspecified atom stereocenters. The van der Waals surface area contributed by atoms with Gasteiger partial charge < -0.3 is 15.0 Å². The molecule has 0 saturated heterocycles. The number of guanidine groups is 1. The highest BCUT2D eigenvalue weighted by molar-refractivity contribution is 5.79. The standard InChI is InChI=1S/C15H23N5/c1-4-16-15(17-5-2)18-9-8-13-11-20-10-6-7-12(3)14(20)19-13/h6-7,10-11H,4-5,8-9H2,1-3H3,(H2,16,17,18). The van der Waals surface area contributed by atoms with Gasteiger partial charge in [-0.05, 0) is 32.4 Å². The van der Waals surface area contributed by atoms with Crippen molar-refractivity contribution in [1.82, 2.24) is 20.0 Å². The number of aromatic nitrogens is 2. The second-order valence-corrected chi connectivity index (χ2v) is 4.70. The Kier molecular flexibility index (Phi) is 4.98. The SMILES string of the molecule is CCNC(=NCCc1cn2cccc(C)c2n1)NCC. The van der Waals surface area contributed by atoms with Crippen molar-refractivity contribution < 1.29 is 0 Å². The molecule has 0 atom stereocenters. The van der Waals surface area contributed by atoms with Crippen molar-refractivity contribution in [2.24, 2.45) is 4.99 Å². The van der Waals surface area contributed by atoms with Crippen LogP contribution >= 0.6 is 0 Å². The third-order valence-corrected chi connectivity index (χ3v) is 3.05. The van der Waals surface area contributed by atoms with Gasteiger partial charge in [-0.1, -0.05) is 6.07 Å². The smallest absolute Gasteiger partial charge is 0.191 e. The molecule has 5 heteroatoms. The third kappa shape index (κ3) is 3.50. The first-order chi connectivity index (χ1) is 9.74. The summed E-state index contributed by atoms with van der Waals surface area (Å²) in [5.74, 6) is 0.870. The fourth-order valence-corrected chi connectivity index (χ4v) is 2.12. The number of rotatable bonds is 5. The van der Waals surface area contributed by atoms with Crippen LogP contribution in [0, 0.1) is 6.92 Å². The van der Waals surface area contributed by atoms with Crippen LogP contribution in [0.1, 0.15) is 25.1 Å². The zero-order valence-corrected chi connectivity index (χ0v) is 12.5. The molecule has 0 saturated carbocycles. The van der Waals surface area contributed by atoms with Crippen LogP contribution in [0.15, 0.2) is 29.5 Å². The van der Waals surface area contributed by atoms with E-state index in [2.05, 4.69) is 58.0 Å². The first-order valence-corrected chi connectivity index (χ1v) is 7.20. The number of aryl methyl sites for hydroxylation is 1. The van der Waals surface area contributed by atoms with Crippen LogP contribution < -0.4 is 10.6 Å². The molecule has 2 rings (SSSR count). The first kappa shape index (κ1) is 14.4. The highest BCUT2D eigenvalue weighted by atomic mass is 15.2. The first-order valence-electron chi connectivity index (χ1n) is 7.20. The number of imidazole rings is 1. The van der Waals surface area contributed by atoms with Crippen molar-refractivity contribution in [3.63, 3.8) is 0 Å². The van der Waals surface area contributed by atoms with E-state index in [1.54, 1.807) is 0 Å². The Labute approximate surface area is 120 Å². The summed E-state index contributed by atoms with van der Waals surface area (Å²) in [5.41, 5.74) is 3.31. The van der Waals surface area contributed by atoms with E-state index in [1.807, 2.05) is 12.3 Å². The number of nitrogens with one attached hydrogen (secondary N) is 2. The summed E-state index contributed by atoms with van der Waals surface area (Å²) in [4.78, 5) is 9.19. The number of nitrogens with zero attached hydrogens (tertiary/aromatic N) is 3. The Morgan fingerprint density at radius 3 is 2.70 bits per heavy atom. The van der Waals surface area contributed by atoms with Crippen molar-refractivity contribution in [2.75, 3.05) is 19.6 Å². The molecule has 0 amide bonds. The van der Waals surface area contributed by atoms with Crippen molar-refractivity contribution in [2.45, 2.75) is 27.2 Å². The van der Waals surface area contributed by atoms with Crippen LogP contribution in [0.2, 0.25) is 0 Å². The summed E-state index contributed by atoms with van der Waals surface area (Å²) in [6.45, 7) is 8.70. The molecular weight excluding hydrogens is 250 g/mol. The van der Waals surface area contributed by atoms with Gasteiger partial charge >= 0.3 is 0 Å². The lowest BCUT2D eigenvalue weighted by Crippen LogP contribution is -2.37. The van der Waals surface area contributed by atoms with Crippen LogP contribution in [0.3, 0.4) is 0 Å². The van der Waals surface area contributed by atoms with E-state index >= 15 is 0 Å². The molecule has 2 aromatic rings. The van der Waals surface area contributed by atoms with Gasteiger partial charge in [-0.3, -0.25) is 4.99 Å². The van der Waals surface area contributed by atoms with E-state index in [0.717, 1.165) is 43.4 Å². The Morgan fingerprint density at radius 2 is 2.05 bits per heavy atom. The fourth-order valence-electron chi connectivity index (χ4n) is 2.12. The molecule has 0 aliphatic rings. The van der Waals surface area contributed by atoms with Gasteiger partial charge in [0.25, 0.3) is 0 Å². The molecule has 0 aliphatic heterocycles. The molecular formula is C15H23N5. The maximum atomic E-state index is 4.65. The van der Waals surface area contributed by atoms with Gasteiger partial charge in [0.2, 0.25) is 0 Å². The molecule has 0 aromatic carbocycles. The zero-order valence-electron chi connectivity index (χ0n) is 12.5. The highest BCUT2D eigenvalue weighted by Crippen LogP contribution is 2.10. The van der Waals surface area contributed by atoms with E-state index < -0.39 is 0 Å². The molecule has 2 heterocycles. The predicted octanol–water partition coefficient (Wildman–Crippen LogP) is 1.76. The van der Waals surface area contributed by atoms with Crippen LogP contribution in [-0.2, 0) is 6.42 Å². The van der Waals surface area contributed by atoms with Crippen LogP contribution in [0.4, 0.5) is 0 Å². The minimum Gasteiger partial charge on any atom is -0.357 e. The lowest BCUT2D eigenvalue weighted by atomic mass is 10.3. The minimum atomic E-state index is 0.734. The number of pyridine rings is 1. The summed E-state index contributed by atoms with van der Waals surface area (Å²) in [6, 6.07) is 4.12. The second-order valence-electron chi connectivity index (χ2n) is 4.70. The van der Waals surface area contributed by atoms with E-state index in [-0.39, 0.29) is 0 Å². The Morgan fingerprint density at radius 1 is 1.30 bits per heavy atom. The normalized spacial score (nSPS) is 10.6. The fraction of sp³-hybridized carbons (Fsp3) is 0.467. The maximum Gasteiger partial charge on any atom is 0.191 e. The summed E-state index contributed by atoms with van der Waals surface area (Å²) < 4.78 is 2.07. The van der Waals surface area contributed by atoms with E-state index in [0.29, 0.717) is 0 Å². The molecule has 2 N–H and O–H groups in total. The average molecular weight is 273 g/mol. The van der Waals surface area contributed by atoms with E-state index in [1.165, 1.54) is 5.56 Å². The van der Waals surface area contributed by atoms with Crippen molar-refractivity contribution in [1.29, 1.82) is 0 Å². The van der Waals surface area contributed by atoms with Gasteiger partial charge in [-0.2, -0.15) is 0 Å².